The van der Waals surface area contributed by atoms with Crippen LogP contribution in [0, 0.1) is 0 Å². The third-order valence-corrected chi connectivity index (χ3v) is 5.52. The summed E-state index contributed by atoms with van der Waals surface area (Å²) in [5, 5.41) is 9.18. The lowest BCUT2D eigenvalue weighted by atomic mass is 9.89. The first-order chi connectivity index (χ1) is 14.7. The van der Waals surface area contributed by atoms with Gasteiger partial charge in [0.05, 0.1) is 18.8 Å². The lowest BCUT2D eigenvalue weighted by molar-refractivity contribution is -0.0475. The summed E-state index contributed by atoms with van der Waals surface area (Å²) in [6, 6.07) is 16.4. The summed E-state index contributed by atoms with van der Waals surface area (Å²) in [5.41, 5.74) is 2.07. The van der Waals surface area contributed by atoms with Gasteiger partial charge in [0.2, 0.25) is 0 Å². The summed E-state index contributed by atoms with van der Waals surface area (Å²) < 4.78 is 23.9. The number of aliphatic hydroxyl groups excluding tert-OH is 1. The highest BCUT2D eigenvalue weighted by Gasteiger charge is 2.26. The molecule has 0 spiro atoms. The Morgan fingerprint density at radius 3 is 1.90 bits per heavy atom. The summed E-state index contributed by atoms with van der Waals surface area (Å²) in [4.78, 5) is 0. The molecule has 3 rings (SSSR count). The Kier molecular flexibility index (Phi) is 9.00. The normalized spacial score (nSPS) is 17.8. The maximum atomic E-state index is 9.18. The van der Waals surface area contributed by atoms with Crippen molar-refractivity contribution in [3.63, 3.8) is 0 Å². The number of aryl methyl sites for hydroxylation is 2. The van der Waals surface area contributed by atoms with Crippen LogP contribution < -0.4 is 9.47 Å². The third kappa shape index (κ3) is 7.01. The first kappa shape index (κ1) is 22.6. The van der Waals surface area contributed by atoms with Gasteiger partial charge >= 0.3 is 0 Å². The number of fused-ring (bicyclic) bond motifs is 2. The average Bonchev–Trinajstić information content (AvgIpc) is 2.77. The minimum atomic E-state index is -0.296. The summed E-state index contributed by atoms with van der Waals surface area (Å²) in [6.07, 6.45) is 4.13. The highest BCUT2D eigenvalue weighted by molar-refractivity contribution is 5.34. The molecule has 0 atom stereocenters. The highest BCUT2D eigenvalue weighted by Crippen LogP contribution is 2.30. The molecule has 1 aliphatic heterocycles. The zero-order valence-electron chi connectivity index (χ0n) is 18.0. The van der Waals surface area contributed by atoms with Gasteiger partial charge in [-0.25, -0.2) is 0 Å². The third-order valence-electron chi connectivity index (χ3n) is 5.52. The van der Waals surface area contributed by atoms with E-state index in [2.05, 4.69) is 31.2 Å². The second-order valence-corrected chi connectivity index (χ2v) is 7.90. The van der Waals surface area contributed by atoms with Crippen LogP contribution in [0.15, 0.2) is 48.5 Å². The molecule has 30 heavy (non-hydrogen) atoms. The van der Waals surface area contributed by atoms with Crippen LogP contribution in [0.2, 0.25) is 0 Å². The van der Waals surface area contributed by atoms with Gasteiger partial charge in [-0.2, -0.15) is 0 Å². The standard InChI is InChI=1S/C25H34O5/c1-25(30-16-6-15-26)13-11-21-7-2-4-9-23(21)28-19-17-27-18-20-29-24-10-5-3-8-22(24)12-14-25/h2-5,7-10,26H,6,11-20H2,1H3. The molecule has 1 heterocycles. The van der Waals surface area contributed by atoms with Crippen molar-refractivity contribution >= 4 is 0 Å². The molecule has 0 saturated carbocycles. The zero-order chi connectivity index (χ0) is 21.1. The number of ether oxygens (including phenoxy) is 4. The number of rotatable bonds is 4. The van der Waals surface area contributed by atoms with Crippen molar-refractivity contribution in [1.82, 2.24) is 0 Å². The Morgan fingerprint density at radius 1 is 0.833 bits per heavy atom. The van der Waals surface area contributed by atoms with Gasteiger partial charge in [-0.3, -0.25) is 0 Å². The number of benzene rings is 2. The highest BCUT2D eigenvalue weighted by atomic mass is 16.5. The molecule has 2 aromatic carbocycles. The van der Waals surface area contributed by atoms with Crippen LogP contribution in [0.25, 0.3) is 0 Å². The zero-order valence-corrected chi connectivity index (χ0v) is 18.0. The summed E-state index contributed by atoms with van der Waals surface area (Å²) in [7, 11) is 0. The average molecular weight is 415 g/mol. The second kappa shape index (κ2) is 11.9. The molecule has 5 nitrogen and oxygen atoms in total. The molecule has 2 aromatic rings. The molecule has 0 bridgehead atoms. The van der Waals surface area contributed by atoms with Crippen molar-refractivity contribution in [2.24, 2.45) is 0 Å². The maximum Gasteiger partial charge on any atom is 0.122 e. The monoisotopic (exact) mass is 414 g/mol. The SMILES string of the molecule is CC1(OCCCO)CCc2ccccc2OCCOCCOc2ccccc2CC1. The number of hydrogen-bond donors (Lipinski definition) is 1. The van der Waals surface area contributed by atoms with Crippen molar-refractivity contribution < 1.29 is 24.1 Å². The van der Waals surface area contributed by atoms with Crippen molar-refractivity contribution in [3.05, 3.63) is 59.7 Å². The smallest absolute Gasteiger partial charge is 0.122 e. The quantitative estimate of drug-likeness (QED) is 0.760. The van der Waals surface area contributed by atoms with E-state index in [-0.39, 0.29) is 12.2 Å². The van der Waals surface area contributed by atoms with Crippen LogP contribution in [-0.4, -0.2) is 50.3 Å². The molecule has 0 radical (unpaired) electrons. The van der Waals surface area contributed by atoms with Crippen LogP contribution >= 0.6 is 0 Å². The van der Waals surface area contributed by atoms with Gasteiger partial charge in [0, 0.05) is 13.2 Å². The summed E-state index contributed by atoms with van der Waals surface area (Å²) in [5.74, 6) is 1.82. The van der Waals surface area contributed by atoms with Gasteiger partial charge in [0.1, 0.15) is 24.7 Å². The van der Waals surface area contributed by atoms with Crippen LogP contribution in [0.4, 0.5) is 0 Å². The molecule has 5 heteroatoms. The lowest BCUT2D eigenvalue weighted by Gasteiger charge is -2.31. The molecular weight excluding hydrogens is 380 g/mol. The van der Waals surface area contributed by atoms with Crippen LogP contribution in [0.1, 0.15) is 37.3 Å². The van der Waals surface area contributed by atoms with Crippen molar-refractivity contribution in [3.8, 4) is 11.5 Å². The molecule has 0 unspecified atom stereocenters. The predicted molar refractivity (Wildman–Crippen MR) is 117 cm³/mol. The fourth-order valence-corrected chi connectivity index (χ4v) is 3.68. The van der Waals surface area contributed by atoms with E-state index >= 15 is 0 Å². The molecule has 164 valence electrons. The Hall–Kier alpha value is -2.08. The van der Waals surface area contributed by atoms with E-state index in [4.69, 9.17) is 18.9 Å². The number of hydrogen-bond acceptors (Lipinski definition) is 5. The van der Waals surface area contributed by atoms with E-state index in [0.717, 1.165) is 37.2 Å². The minimum Gasteiger partial charge on any atom is -0.491 e. The second-order valence-electron chi connectivity index (χ2n) is 7.90. The molecule has 0 saturated heterocycles. The Bertz CT molecular complexity index is 705. The topological polar surface area (TPSA) is 57.2 Å². The molecular formula is C25H34O5. The summed E-state index contributed by atoms with van der Waals surface area (Å²) >= 11 is 0. The van der Waals surface area contributed by atoms with E-state index in [9.17, 15) is 5.11 Å². The lowest BCUT2D eigenvalue weighted by Crippen LogP contribution is -2.31. The largest absolute Gasteiger partial charge is 0.491 e. The van der Waals surface area contributed by atoms with Gasteiger partial charge in [-0.1, -0.05) is 36.4 Å². The Morgan fingerprint density at radius 2 is 1.37 bits per heavy atom. The number of para-hydroxylation sites is 2. The fraction of sp³-hybridized carbons (Fsp3) is 0.520. The van der Waals surface area contributed by atoms with Gasteiger partial charge in [-0.05, 0) is 62.3 Å². The molecule has 0 amide bonds. The van der Waals surface area contributed by atoms with Crippen LogP contribution in [0.3, 0.4) is 0 Å². The minimum absolute atomic E-state index is 0.144. The number of aliphatic hydroxyl groups is 1. The van der Waals surface area contributed by atoms with Gasteiger partial charge in [-0.15, -0.1) is 0 Å². The Labute approximate surface area is 179 Å². The molecule has 0 aliphatic carbocycles. The van der Waals surface area contributed by atoms with Crippen molar-refractivity contribution in [1.29, 1.82) is 0 Å². The first-order valence-corrected chi connectivity index (χ1v) is 10.9. The van der Waals surface area contributed by atoms with Crippen LogP contribution in [-0.2, 0) is 22.3 Å². The van der Waals surface area contributed by atoms with Crippen molar-refractivity contribution in [2.75, 3.05) is 39.6 Å². The van der Waals surface area contributed by atoms with E-state index in [1.165, 1.54) is 11.1 Å². The van der Waals surface area contributed by atoms with Gasteiger partial charge < -0.3 is 24.1 Å². The van der Waals surface area contributed by atoms with E-state index < -0.39 is 0 Å². The molecule has 1 aliphatic rings. The van der Waals surface area contributed by atoms with Crippen LogP contribution in [0.5, 0.6) is 11.5 Å². The van der Waals surface area contributed by atoms with Gasteiger partial charge in [0.25, 0.3) is 0 Å². The van der Waals surface area contributed by atoms with Crippen molar-refractivity contribution in [2.45, 2.75) is 44.6 Å². The molecule has 1 N–H and O–H groups in total. The maximum absolute atomic E-state index is 9.18. The van der Waals surface area contributed by atoms with E-state index in [1.54, 1.807) is 0 Å². The predicted octanol–water partition coefficient (Wildman–Crippen LogP) is 4.20. The van der Waals surface area contributed by atoms with E-state index in [1.807, 2.05) is 24.3 Å². The first-order valence-electron chi connectivity index (χ1n) is 10.9. The fourth-order valence-electron chi connectivity index (χ4n) is 3.68. The van der Waals surface area contributed by atoms with Gasteiger partial charge in [0.15, 0.2) is 0 Å². The summed E-state index contributed by atoms with van der Waals surface area (Å²) in [6.45, 7) is 4.96. The Balaban J connectivity index is 1.78. The van der Waals surface area contributed by atoms with E-state index in [0.29, 0.717) is 39.5 Å². The molecule has 0 aromatic heterocycles. The molecule has 0 fully saturated rings.